The Morgan fingerprint density at radius 2 is 2.33 bits per heavy atom. The van der Waals surface area contributed by atoms with E-state index in [2.05, 4.69) is 23.1 Å². The Bertz CT molecular complexity index is 403. The van der Waals surface area contributed by atoms with Gasteiger partial charge in [0.25, 0.3) is 0 Å². The topological polar surface area (TPSA) is 30.2 Å². The first kappa shape index (κ1) is 7.28. The van der Waals surface area contributed by atoms with E-state index in [0.717, 1.165) is 12.1 Å². The first-order valence-electron chi connectivity index (χ1n) is 4.10. The second-order valence-corrected chi connectivity index (χ2v) is 2.88. The summed E-state index contributed by atoms with van der Waals surface area (Å²) in [5.41, 5.74) is 3.49. The highest BCUT2D eigenvalue weighted by Crippen LogP contribution is 2.10. The van der Waals surface area contributed by atoms with Gasteiger partial charge in [0.05, 0.1) is 11.7 Å². The third-order valence-electron chi connectivity index (χ3n) is 2.01. The molecular weight excluding hydrogens is 150 g/mol. The highest BCUT2D eigenvalue weighted by molar-refractivity contribution is 5.53. The third kappa shape index (κ3) is 0.978. The summed E-state index contributed by atoms with van der Waals surface area (Å²) in [5, 5.41) is 4.18. The van der Waals surface area contributed by atoms with Crippen molar-refractivity contribution < 1.29 is 0 Å². The average molecular weight is 161 g/mol. The van der Waals surface area contributed by atoms with E-state index in [0.29, 0.717) is 0 Å². The fourth-order valence-electron chi connectivity index (χ4n) is 1.31. The van der Waals surface area contributed by atoms with E-state index < -0.39 is 0 Å². The number of rotatable bonds is 1. The molecule has 0 aliphatic heterocycles. The number of hydrogen-bond acceptors (Lipinski definition) is 2. The minimum absolute atomic E-state index is 1.02. The smallest absolute Gasteiger partial charge is 0.117 e. The van der Waals surface area contributed by atoms with Gasteiger partial charge in [0.15, 0.2) is 0 Å². The minimum Gasteiger partial charge on any atom is -0.242 e. The van der Waals surface area contributed by atoms with E-state index in [1.54, 1.807) is 6.33 Å². The van der Waals surface area contributed by atoms with Crippen molar-refractivity contribution in [2.75, 3.05) is 0 Å². The zero-order valence-electron chi connectivity index (χ0n) is 7.28. The van der Waals surface area contributed by atoms with Crippen LogP contribution in [0.2, 0.25) is 0 Å². The first-order chi connectivity index (χ1) is 5.81. The van der Waals surface area contributed by atoms with Crippen LogP contribution < -0.4 is 0 Å². The molecule has 2 aromatic rings. The van der Waals surface area contributed by atoms with E-state index in [9.17, 15) is 0 Å². The maximum atomic E-state index is 4.18. The van der Waals surface area contributed by atoms with Crippen LogP contribution in [-0.2, 0) is 6.42 Å². The van der Waals surface area contributed by atoms with Crippen molar-refractivity contribution in [1.82, 2.24) is 14.6 Å². The highest BCUT2D eigenvalue weighted by atomic mass is 15.2. The summed E-state index contributed by atoms with van der Waals surface area (Å²) in [6.07, 6.45) is 4.67. The summed E-state index contributed by atoms with van der Waals surface area (Å²) < 4.78 is 1.81. The van der Waals surface area contributed by atoms with Gasteiger partial charge in [-0.15, -0.1) is 0 Å². The zero-order chi connectivity index (χ0) is 8.55. The molecule has 0 N–H and O–H groups in total. The molecule has 0 atom stereocenters. The van der Waals surface area contributed by atoms with Gasteiger partial charge < -0.3 is 0 Å². The number of nitrogens with zero attached hydrogens (tertiary/aromatic N) is 3. The van der Waals surface area contributed by atoms with Crippen LogP contribution in [-0.4, -0.2) is 14.6 Å². The van der Waals surface area contributed by atoms with Crippen molar-refractivity contribution in [3.63, 3.8) is 0 Å². The Labute approximate surface area is 71.1 Å². The Balaban J connectivity index is 2.75. The van der Waals surface area contributed by atoms with Crippen LogP contribution in [0.3, 0.4) is 0 Å². The van der Waals surface area contributed by atoms with Gasteiger partial charge in [-0.2, -0.15) is 5.10 Å². The molecule has 0 saturated heterocycles. The Morgan fingerprint density at radius 3 is 3.08 bits per heavy atom. The predicted octanol–water partition coefficient (Wildman–Crippen LogP) is 1.60. The molecule has 3 nitrogen and oxygen atoms in total. The average Bonchev–Trinajstić information content (AvgIpc) is 2.46. The number of aryl methyl sites for hydroxylation is 2. The molecular formula is C9H11N3. The molecule has 3 heteroatoms. The lowest BCUT2D eigenvalue weighted by Crippen LogP contribution is -1.90. The van der Waals surface area contributed by atoms with Crippen LogP contribution in [0.25, 0.3) is 5.52 Å². The summed E-state index contributed by atoms with van der Waals surface area (Å²) in [6.45, 7) is 4.12. The largest absolute Gasteiger partial charge is 0.242 e. The summed E-state index contributed by atoms with van der Waals surface area (Å²) in [6, 6.07) is 2.06. The molecule has 0 saturated carbocycles. The van der Waals surface area contributed by atoms with Crippen LogP contribution in [0.5, 0.6) is 0 Å². The summed E-state index contributed by atoms with van der Waals surface area (Å²) in [5.74, 6) is 0. The summed E-state index contributed by atoms with van der Waals surface area (Å²) >= 11 is 0. The quantitative estimate of drug-likeness (QED) is 0.636. The van der Waals surface area contributed by atoms with Gasteiger partial charge in [-0.05, 0) is 25.0 Å². The van der Waals surface area contributed by atoms with Crippen molar-refractivity contribution >= 4 is 5.52 Å². The lowest BCUT2D eigenvalue weighted by molar-refractivity contribution is 0.910. The van der Waals surface area contributed by atoms with E-state index in [1.807, 2.05) is 17.6 Å². The van der Waals surface area contributed by atoms with Crippen LogP contribution in [0.4, 0.5) is 0 Å². The lowest BCUT2D eigenvalue weighted by atomic mass is 10.2. The molecule has 0 fully saturated rings. The monoisotopic (exact) mass is 161 g/mol. The lowest BCUT2D eigenvalue weighted by Gasteiger charge is -1.95. The molecule has 0 aliphatic carbocycles. The van der Waals surface area contributed by atoms with Gasteiger partial charge in [0.1, 0.15) is 6.33 Å². The van der Waals surface area contributed by atoms with Crippen molar-refractivity contribution in [2.45, 2.75) is 20.3 Å². The van der Waals surface area contributed by atoms with Crippen molar-refractivity contribution in [3.05, 3.63) is 29.8 Å². The SMILES string of the molecule is CCc1cnn2cnc(C)cc12. The molecule has 0 spiro atoms. The van der Waals surface area contributed by atoms with Crippen molar-refractivity contribution in [2.24, 2.45) is 0 Å². The van der Waals surface area contributed by atoms with Crippen LogP contribution in [0.1, 0.15) is 18.2 Å². The van der Waals surface area contributed by atoms with Gasteiger partial charge in [0.2, 0.25) is 0 Å². The van der Waals surface area contributed by atoms with E-state index in [-0.39, 0.29) is 0 Å². The summed E-state index contributed by atoms with van der Waals surface area (Å²) in [7, 11) is 0. The highest BCUT2D eigenvalue weighted by Gasteiger charge is 2.01. The molecule has 62 valence electrons. The van der Waals surface area contributed by atoms with Gasteiger partial charge in [-0.1, -0.05) is 6.92 Å². The molecule has 0 amide bonds. The molecule has 12 heavy (non-hydrogen) atoms. The molecule has 2 heterocycles. The van der Waals surface area contributed by atoms with Gasteiger partial charge in [0, 0.05) is 5.69 Å². The second kappa shape index (κ2) is 2.59. The van der Waals surface area contributed by atoms with Crippen LogP contribution >= 0.6 is 0 Å². The molecule has 2 rings (SSSR count). The van der Waals surface area contributed by atoms with E-state index in [1.165, 1.54) is 11.1 Å². The normalized spacial score (nSPS) is 10.8. The maximum absolute atomic E-state index is 4.18. The van der Waals surface area contributed by atoms with Crippen molar-refractivity contribution in [1.29, 1.82) is 0 Å². The zero-order valence-corrected chi connectivity index (χ0v) is 7.28. The molecule has 0 unspecified atom stereocenters. The minimum atomic E-state index is 1.02. The van der Waals surface area contributed by atoms with Gasteiger partial charge >= 0.3 is 0 Å². The Morgan fingerprint density at radius 1 is 1.50 bits per heavy atom. The van der Waals surface area contributed by atoms with E-state index in [4.69, 9.17) is 0 Å². The molecule has 0 aromatic carbocycles. The fraction of sp³-hybridized carbons (Fsp3) is 0.333. The molecule has 2 aromatic heterocycles. The van der Waals surface area contributed by atoms with Crippen LogP contribution in [0.15, 0.2) is 18.6 Å². The second-order valence-electron chi connectivity index (χ2n) is 2.88. The standard InChI is InChI=1S/C9H11N3/c1-3-8-5-11-12-6-10-7(2)4-9(8)12/h4-6H,3H2,1-2H3. The molecule has 0 aliphatic rings. The number of hydrogen-bond donors (Lipinski definition) is 0. The Hall–Kier alpha value is -1.38. The van der Waals surface area contributed by atoms with E-state index >= 15 is 0 Å². The van der Waals surface area contributed by atoms with Gasteiger partial charge in [-0.3, -0.25) is 0 Å². The Kier molecular flexibility index (Phi) is 1.57. The molecule has 0 bridgehead atoms. The van der Waals surface area contributed by atoms with Crippen LogP contribution in [0, 0.1) is 6.92 Å². The van der Waals surface area contributed by atoms with Gasteiger partial charge in [-0.25, -0.2) is 9.50 Å². The maximum Gasteiger partial charge on any atom is 0.117 e. The number of fused-ring (bicyclic) bond motifs is 1. The fourth-order valence-corrected chi connectivity index (χ4v) is 1.31. The first-order valence-corrected chi connectivity index (χ1v) is 4.10. The predicted molar refractivity (Wildman–Crippen MR) is 47.1 cm³/mol. The third-order valence-corrected chi connectivity index (χ3v) is 2.01. The summed E-state index contributed by atoms with van der Waals surface area (Å²) in [4.78, 5) is 4.16. The van der Waals surface area contributed by atoms with Crippen molar-refractivity contribution in [3.8, 4) is 0 Å². The molecule has 0 radical (unpaired) electrons. The number of aromatic nitrogens is 3.